The summed E-state index contributed by atoms with van der Waals surface area (Å²) in [5.41, 5.74) is 2.85. The van der Waals surface area contributed by atoms with Gasteiger partial charge in [-0.25, -0.2) is 4.98 Å². The number of pyridine rings is 1. The zero-order chi connectivity index (χ0) is 19.3. The minimum absolute atomic E-state index is 0.0343. The molecule has 0 radical (unpaired) electrons. The molecule has 0 unspecified atom stereocenters. The van der Waals surface area contributed by atoms with Crippen molar-refractivity contribution in [2.75, 3.05) is 33.4 Å². The van der Waals surface area contributed by atoms with E-state index in [1.807, 2.05) is 35.2 Å². The number of amides is 1. The van der Waals surface area contributed by atoms with Crippen LogP contribution in [0.25, 0.3) is 11.0 Å². The van der Waals surface area contributed by atoms with E-state index in [-0.39, 0.29) is 5.91 Å². The maximum Gasteiger partial charge on any atom is 0.257 e. The van der Waals surface area contributed by atoms with E-state index in [1.54, 1.807) is 13.3 Å². The summed E-state index contributed by atoms with van der Waals surface area (Å²) in [6, 6.07) is 11.5. The first-order chi connectivity index (χ1) is 13.8. The Hall–Kier alpha value is -2.86. The zero-order valence-electron chi connectivity index (χ0n) is 16.1. The van der Waals surface area contributed by atoms with Crippen molar-refractivity contribution in [3.05, 3.63) is 59.9 Å². The second-order valence-electron chi connectivity index (χ2n) is 7.05. The molecule has 1 aliphatic rings. The molecule has 2 aromatic heterocycles. The van der Waals surface area contributed by atoms with E-state index in [1.165, 1.54) is 10.9 Å². The Morgan fingerprint density at radius 1 is 1.18 bits per heavy atom. The maximum atomic E-state index is 13.1. The van der Waals surface area contributed by atoms with Gasteiger partial charge in [0.2, 0.25) is 0 Å². The van der Waals surface area contributed by atoms with Gasteiger partial charge in [0, 0.05) is 38.0 Å². The van der Waals surface area contributed by atoms with E-state index in [9.17, 15) is 4.79 Å². The van der Waals surface area contributed by atoms with E-state index in [0.29, 0.717) is 30.4 Å². The highest BCUT2D eigenvalue weighted by Crippen LogP contribution is 2.33. The number of fused-ring (bicyclic) bond motifs is 1. The van der Waals surface area contributed by atoms with Gasteiger partial charge in [-0.15, -0.1) is 0 Å². The first kappa shape index (κ1) is 18.5. The number of H-pyrrole nitrogens is 1. The number of carbonyl (C=O) groups excluding carboxylic acids is 1. The van der Waals surface area contributed by atoms with Gasteiger partial charge in [0.25, 0.3) is 5.91 Å². The van der Waals surface area contributed by atoms with Crippen LogP contribution in [-0.2, 0) is 4.74 Å². The van der Waals surface area contributed by atoms with Crippen molar-refractivity contribution < 1.29 is 14.3 Å². The Labute approximate surface area is 164 Å². The Bertz CT molecular complexity index is 945. The Balaban J connectivity index is 1.43. The molecule has 1 amide bonds. The Morgan fingerprint density at radius 3 is 2.82 bits per heavy atom. The van der Waals surface area contributed by atoms with E-state index >= 15 is 0 Å². The van der Waals surface area contributed by atoms with Gasteiger partial charge in [0.05, 0.1) is 12.2 Å². The smallest absolute Gasteiger partial charge is 0.257 e. The number of ether oxygens (including phenoxy) is 2. The second-order valence-corrected chi connectivity index (χ2v) is 7.05. The van der Waals surface area contributed by atoms with Gasteiger partial charge >= 0.3 is 0 Å². The van der Waals surface area contributed by atoms with Gasteiger partial charge in [-0.3, -0.25) is 4.79 Å². The standard InChI is InChI=1S/C22H25N3O3/c1-27-13-14-28-20-7-3-2-5-18(20)22(26)25-11-8-16(9-12-25)19-15-24-21-17(19)6-4-10-23-21/h2-7,10,15-16H,8-9,11-14H2,1H3,(H,23,24). The SMILES string of the molecule is COCCOc1ccccc1C(=O)N1CCC(c2c[nH]c3ncccc23)CC1. The Kier molecular flexibility index (Phi) is 5.58. The molecule has 0 spiro atoms. The van der Waals surface area contributed by atoms with Crippen LogP contribution >= 0.6 is 0 Å². The van der Waals surface area contributed by atoms with Crippen LogP contribution in [0, 0.1) is 0 Å². The van der Waals surface area contributed by atoms with E-state index in [2.05, 4.69) is 22.2 Å². The third-order valence-corrected chi connectivity index (χ3v) is 5.37. The van der Waals surface area contributed by atoms with E-state index < -0.39 is 0 Å². The molecular formula is C22H25N3O3. The lowest BCUT2D eigenvalue weighted by Crippen LogP contribution is -2.38. The van der Waals surface area contributed by atoms with Crippen molar-refractivity contribution >= 4 is 16.9 Å². The number of nitrogens with one attached hydrogen (secondary N) is 1. The number of hydrogen-bond donors (Lipinski definition) is 1. The Morgan fingerprint density at radius 2 is 2.00 bits per heavy atom. The molecule has 1 fully saturated rings. The summed E-state index contributed by atoms with van der Waals surface area (Å²) in [7, 11) is 1.63. The fourth-order valence-electron chi connectivity index (χ4n) is 3.88. The average molecular weight is 379 g/mol. The molecule has 0 aliphatic carbocycles. The van der Waals surface area contributed by atoms with Gasteiger partial charge in [-0.05, 0) is 48.6 Å². The van der Waals surface area contributed by atoms with Crippen molar-refractivity contribution in [3.8, 4) is 5.75 Å². The van der Waals surface area contributed by atoms with Gasteiger partial charge in [-0.1, -0.05) is 12.1 Å². The average Bonchev–Trinajstić information content (AvgIpc) is 3.18. The molecule has 0 saturated carbocycles. The predicted molar refractivity (Wildman–Crippen MR) is 108 cm³/mol. The van der Waals surface area contributed by atoms with Crippen molar-refractivity contribution in [3.63, 3.8) is 0 Å². The molecule has 4 rings (SSSR count). The number of rotatable bonds is 6. The van der Waals surface area contributed by atoms with Gasteiger partial charge in [0.15, 0.2) is 0 Å². The summed E-state index contributed by atoms with van der Waals surface area (Å²) >= 11 is 0. The van der Waals surface area contributed by atoms with Gasteiger partial charge < -0.3 is 19.4 Å². The van der Waals surface area contributed by atoms with E-state index in [4.69, 9.17) is 9.47 Å². The van der Waals surface area contributed by atoms with Crippen molar-refractivity contribution in [2.24, 2.45) is 0 Å². The number of hydrogen-bond acceptors (Lipinski definition) is 4. The van der Waals surface area contributed by atoms with Crippen LogP contribution < -0.4 is 4.74 Å². The molecular weight excluding hydrogens is 354 g/mol. The van der Waals surface area contributed by atoms with Crippen LogP contribution in [0.3, 0.4) is 0 Å². The van der Waals surface area contributed by atoms with Crippen LogP contribution in [0.4, 0.5) is 0 Å². The zero-order valence-corrected chi connectivity index (χ0v) is 16.1. The van der Waals surface area contributed by atoms with Crippen LogP contribution in [0.15, 0.2) is 48.8 Å². The maximum absolute atomic E-state index is 13.1. The third-order valence-electron chi connectivity index (χ3n) is 5.37. The molecule has 6 nitrogen and oxygen atoms in total. The molecule has 3 aromatic rings. The number of benzene rings is 1. The number of aromatic amines is 1. The predicted octanol–water partition coefficient (Wildman–Crippen LogP) is 3.61. The van der Waals surface area contributed by atoms with Crippen molar-refractivity contribution in [1.29, 1.82) is 0 Å². The largest absolute Gasteiger partial charge is 0.490 e. The number of para-hydroxylation sites is 1. The first-order valence-electron chi connectivity index (χ1n) is 9.70. The highest BCUT2D eigenvalue weighted by molar-refractivity contribution is 5.97. The molecule has 1 saturated heterocycles. The number of methoxy groups -OCH3 is 1. The molecule has 0 atom stereocenters. The van der Waals surface area contributed by atoms with E-state index in [0.717, 1.165) is 31.6 Å². The molecule has 28 heavy (non-hydrogen) atoms. The molecule has 3 heterocycles. The van der Waals surface area contributed by atoms with Crippen LogP contribution in [0.2, 0.25) is 0 Å². The molecule has 1 N–H and O–H groups in total. The van der Waals surface area contributed by atoms with Crippen LogP contribution in [0.1, 0.15) is 34.7 Å². The molecule has 1 aromatic carbocycles. The van der Waals surface area contributed by atoms with Crippen molar-refractivity contribution in [1.82, 2.24) is 14.9 Å². The number of likely N-dealkylation sites (tertiary alicyclic amines) is 1. The minimum Gasteiger partial charge on any atom is -0.490 e. The van der Waals surface area contributed by atoms with Crippen LogP contribution in [-0.4, -0.2) is 54.2 Å². The lowest BCUT2D eigenvalue weighted by atomic mass is 9.89. The first-order valence-corrected chi connectivity index (χ1v) is 9.70. The second kappa shape index (κ2) is 8.44. The van der Waals surface area contributed by atoms with Gasteiger partial charge in [0.1, 0.15) is 18.0 Å². The minimum atomic E-state index is 0.0343. The lowest BCUT2D eigenvalue weighted by Gasteiger charge is -2.32. The fraction of sp³-hybridized carbons (Fsp3) is 0.364. The number of aromatic nitrogens is 2. The van der Waals surface area contributed by atoms with Crippen LogP contribution in [0.5, 0.6) is 5.75 Å². The number of piperidine rings is 1. The summed E-state index contributed by atoms with van der Waals surface area (Å²) in [6.45, 7) is 2.40. The summed E-state index contributed by atoms with van der Waals surface area (Å²) in [4.78, 5) is 22.6. The third kappa shape index (κ3) is 3.73. The summed E-state index contributed by atoms with van der Waals surface area (Å²) < 4.78 is 10.8. The monoisotopic (exact) mass is 379 g/mol. The topological polar surface area (TPSA) is 67.5 Å². The quantitative estimate of drug-likeness (QED) is 0.665. The van der Waals surface area contributed by atoms with Crippen molar-refractivity contribution in [2.45, 2.75) is 18.8 Å². The molecule has 146 valence electrons. The van der Waals surface area contributed by atoms with Gasteiger partial charge in [-0.2, -0.15) is 0 Å². The molecule has 6 heteroatoms. The highest BCUT2D eigenvalue weighted by atomic mass is 16.5. The number of carbonyl (C=O) groups is 1. The normalized spacial score (nSPS) is 15.1. The molecule has 1 aliphatic heterocycles. The highest BCUT2D eigenvalue weighted by Gasteiger charge is 2.27. The fourth-order valence-corrected chi connectivity index (χ4v) is 3.88. The number of nitrogens with zero attached hydrogens (tertiary/aromatic N) is 2. The molecule has 0 bridgehead atoms. The summed E-state index contributed by atoms with van der Waals surface area (Å²) in [5, 5.41) is 1.18. The summed E-state index contributed by atoms with van der Waals surface area (Å²) in [6.07, 6.45) is 5.76. The summed E-state index contributed by atoms with van der Waals surface area (Å²) in [5.74, 6) is 1.09. The lowest BCUT2D eigenvalue weighted by molar-refractivity contribution is 0.0706.